The molecule has 2 heterocycles. The molecule has 0 aromatic carbocycles. The van der Waals surface area contributed by atoms with Crippen LogP contribution in [0.25, 0.3) is 0 Å². The van der Waals surface area contributed by atoms with Crippen LogP contribution in [-0.2, 0) is 0 Å². The van der Waals surface area contributed by atoms with Crippen LogP contribution in [0.15, 0.2) is 12.1 Å². The Morgan fingerprint density at radius 1 is 1.53 bits per heavy atom. The van der Waals surface area contributed by atoms with Crippen molar-refractivity contribution in [1.82, 2.24) is 9.88 Å². The molecule has 0 unspecified atom stereocenters. The van der Waals surface area contributed by atoms with Crippen molar-refractivity contribution < 1.29 is 4.92 Å². The summed E-state index contributed by atoms with van der Waals surface area (Å²) in [5.74, 6) is 0.785. The van der Waals surface area contributed by atoms with E-state index in [4.69, 9.17) is 11.6 Å². The summed E-state index contributed by atoms with van der Waals surface area (Å²) in [6.45, 7) is 2.83. The van der Waals surface area contributed by atoms with Gasteiger partial charge in [0.05, 0.1) is 4.92 Å². The quantitative estimate of drug-likeness (QED) is 0.522. The SMILES string of the molecule is CN1CCC(CNc2nc(Cl)ccc2[N+](=O)[O-])CC1. The molecule has 1 aliphatic heterocycles. The topological polar surface area (TPSA) is 71.3 Å². The predicted octanol–water partition coefficient (Wildman–Crippen LogP) is 2.40. The Hall–Kier alpha value is -1.40. The number of rotatable bonds is 4. The molecule has 1 aromatic heterocycles. The Morgan fingerprint density at radius 3 is 2.84 bits per heavy atom. The second-order valence-electron chi connectivity index (χ2n) is 4.89. The highest BCUT2D eigenvalue weighted by atomic mass is 35.5. The molecule has 0 radical (unpaired) electrons. The smallest absolute Gasteiger partial charge is 0.311 e. The van der Waals surface area contributed by atoms with E-state index in [0.717, 1.165) is 25.9 Å². The highest BCUT2D eigenvalue weighted by Crippen LogP contribution is 2.25. The van der Waals surface area contributed by atoms with Crippen LogP contribution in [0.1, 0.15) is 12.8 Å². The van der Waals surface area contributed by atoms with Crippen molar-refractivity contribution in [3.8, 4) is 0 Å². The van der Waals surface area contributed by atoms with E-state index in [2.05, 4.69) is 22.2 Å². The molecular formula is C12H17ClN4O2. The van der Waals surface area contributed by atoms with Gasteiger partial charge in [-0.1, -0.05) is 11.6 Å². The van der Waals surface area contributed by atoms with E-state index in [0.29, 0.717) is 12.5 Å². The van der Waals surface area contributed by atoms with Crippen molar-refractivity contribution in [2.75, 3.05) is 32.0 Å². The second kappa shape index (κ2) is 6.16. The van der Waals surface area contributed by atoms with Crippen LogP contribution in [0.4, 0.5) is 11.5 Å². The van der Waals surface area contributed by atoms with Crippen molar-refractivity contribution in [1.29, 1.82) is 0 Å². The molecule has 6 nitrogen and oxygen atoms in total. The Kier molecular flexibility index (Phi) is 4.55. The Morgan fingerprint density at radius 2 is 2.21 bits per heavy atom. The molecule has 1 N–H and O–H groups in total. The molecule has 104 valence electrons. The number of hydrogen-bond acceptors (Lipinski definition) is 5. The number of nitrogens with one attached hydrogen (secondary N) is 1. The van der Waals surface area contributed by atoms with Gasteiger partial charge in [-0.05, 0) is 45.0 Å². The summed E-state index contributed by atoms with van der Waals surface area (Å²) in [4.78, 5) is 16.7. The van der Waals surface area contributed by atoms with Gasteiger partial charge >= 0.3 is 5.69 Å². The van der Waals surface area contributed by atoms with Gasteiger partial charge in [-0.25, -0.2) is 4.98 Å². The first-order valence-corrected chi connectivity index (χ1v) is 6.67. The average Bonchev–Trinajstić information content (AvgIpc) is 2.38. The molecule has 0 saturated carbocycles. The van der Waals surface area contributed by atoms with E-state index in [1.807, 2.05) is 0 Å². The maximum atomic E-state index is 10.9. The minimum Gasteiger partial charge on any atom is -0.364 e. The van der Waals surface area contributed by atoms with Crippen LogP contribution >= 0.6 is 11.6 Å². The summed E-state index contributed by atoms with van der Waals surface area (Å²) in [6.07, 6.45) is 2.19. The predicted molar refractivity (Wildman–Crippen MR) is 74.6 cm³/mol. The van der Waals surface area contributed by atoms with Crippen molar-refractivity contribution in [3.05, 3.63) is 27.4 Å². The zero-order chi connectivity index (χ0) is 13.8. The van der Waals surface area contributed by atoms with E-state index in [9.17, 15) is 10.1 Å². The van der Waals surface area contributed by atoms with Crippen molar-refractivity contribution in [2.45, 2.75) is 12.8 Å². The molecular weight excluding hydrogens is 268 g/mol. The fourth-order valence-corrected chi connectivity index (χ4v) is 2.36. The molecule has 7 heteroatoms. The minimum absolute atomic E-state index is 0.0303. The van der Waals surface area contributed by atoms with Gasteiger partial charge in [-0.2, -0.15) is 0 Å². The highest BCUT2D eigenvalue weighted by Gasteiger charge is 2.19. The molecule has 1 saturated heterocycles. The third kappa shape index (κ3) is 3.78. The molecule has 0 atom stereocenters. The van der Waals surface area contributed by atoms with E-state index in [1.165, 1.54) is 12.1 Å². The number of anilines is 1. The van der Waals surface area contributed by atoms with Crippen LogP contribution in [0, 0.1) is 16.0 Å². The van der Waals surface area contributed by atoms with Gasteiger partial charge in [0.2, 0.25) is 5.82 Å². The molecule has 1 aromatic rings. The van der Waals surface area contributed by atoms with Gasteiger partial charge in [-0.15, -0.1) is 0 Å². The van der Waals surface area contributed by atoms with Crippen molar-refractivity contribution in [2.24, 2.45) is 5.92 Å². The first kappa shape index (κ1) is 14.0. The zero-order valence-electron chi connectivity index (χ0n) is 10.8. The summed E-state index contributed by atoms with van der Waals surface area (Å²) in [5, 5.41) is 14.2. The summed E-state index contributed by atoms with van der Waals surface area (Å²) in [6, 6.07) is 2.81. The van der Waals surface area contributed by atoms with Gasteiger partial charge in [0.1, 0.15) is 5.15 Å². The number of halogens is 1. The highest BCUT2D eigenvalue weighted by molar-refractivity contribution is 6.29. The number of pyridine rings is 1. The van der Waals surface area contributed by atoms with E-state index < -0.39 is 4.92 Å². The van der Waals surface area contributed by atoms with E-state index in [-0.39, 0.29) is 16.7 Å². The van der Waals surface area contributed by atoms with Crippen LogP contribution in [0.5, 0.6) is 0 Å². The number of nitro groups is 1. The molecule has 0 amide bonds. The Balaban J connectivity index is 1.98. The van der Waals surface area contributed by atoms with Gasteiger partial charge in [0.15, 0.2) is 0 Å². The van der Waals surface area contributed by atoms with Gasteiger partial charge in [0, 0.05) is 12.6 Å². The number of nitrogens with zero attached hydrogens (tertiary/aromatic N) is 3. The average molecular weight is 285 g/mol. The fourth-order valence-electron chi connectivity index (χ4n) is 2.21. The molecule has 1 aliphatic rings. The lowest BCUT2D eigenvalue weighted by Crippen LogP contribution is -2.33. The Bertz CT molecular complexity index is 461. The molecule has 2 rings (SSSR count). The number of piperidine rings is 1. The molecule has 0 spiro atoms. The van der Waals surface area contributed by atoms with Crippen LogP contribution in [0.3, 0.4) is 0 Å². The molecule has 1 fully saturated rings. The van der Waals surface area contributed by atoms with Crippen molar-refractivity contribution >= 4 is 23.1 Å². The maximum Gasteiger partial charge on any atom is 0.311 e. The normalized spacial score (nSPS) is 17.4. The summed E-state index contributed by atoms with van der Waals surface area (Å²) >= 11 is 5.78. The van der Waals surface area contributed by atoms with E-state index in [1.54, 1.807) is 0 Å². The second-order valence-corrected chi connectivity index (χ2v) is 5.27. The first-order chi connectivity index (χ1) is 9.06. The third-order valence-electron chi connectivity index (χ3n) is 3.43. The molecule has 19 heavy (non-hydrogen) atoms. The monoisotopic (exact) mass is 284 g/mol. The number of hydrogen-bond donors (Lipinski definition) is 1. The first-order valence-electron chi connectivity index (χ1n) is 6.29. The zero-order valence-corrected chi connectivity index (χ0v) is 11.6. The van der Waals surface area contributed by atoms with Crippen LogP contribution in [-0.4, -0.2) is 41.5 Å². The van der Waals surface area contributed by atoms with Crippen molar-refractivity contribution in [3.63, 3.8) is 0 Å². The molecule has 0 bridgehead atoms. The Labute approximate surface area is 116 Å². The number of likely N-dealkylation sites (tertiary alicyclic amines) is 1. The summed E-state index contributed by atoms with van der Waals surface area (Å²) < 4.78 is 0. The summed E-state index contributed by atoms with van der Waals surface area (Å²) in [5.41, 5.74) is -0.0303. The van der Waals surface area contributed by atoms with E-state index >= 15 is 0 Å². The lowest BCUT2D eigenvalue weighted by molar-refractivity contribution is -0.384. The van der Waals surface area contributed by atoms with Crippen LogP contribution < -0.4 is 5.32 Å². The maximum absolute atomic E-state index is 10.9. The van der Waals surface area contributed by atoms with Gasteiger partial charge < -0.3 is 10.2 Å². The lowest BCUT2D eigenvalue weighted by Gasteiger charge is -2.29. The summed E-state index contributed by atoms with van der Waals surface area (Å²) in [7, 11) is 2.10. The minimum atomic E-state index is -0.444. The number of aromatic nitrogens is 1. The largest absolute Gasteiger partial charge is 0.364 e. The van der Waals surface area contributed by atoms with Gasteiger partial charge in [-0.3, -0.25) is 10.1 Å². The third-order valence-corrected chi connectivity index (χ3v) is 3.64. The van der Waals surface area contributed by atoms with Gasteiger partial charge in [0.25, 0.3) is 0 Å². The molecule has 0 aliphatic carbocycles. The lowest BCUT2D eigenvalue weighted by atomic mass is 9.97. The fraction of sp³-hybridized carbons (Fsp3) is 0.583. The van der Waals surface area contributed by atoms with Crippen LogP contribution in [0.2, 0.25) is 5.15 Å². The standard InChI is InChI=1S/C12H17ClN4O2/c1-16-6-4-9(5-7-16)8-14-12-10(17(18)19)2-3-11(13)15-12/h2-3,9H,4-8H2,1H3,(H,14,15).